The van der Waals surface area contributed by atoms with Gasteiger partial charge in [-0.2, -0.15) is 0 Å². The maximum Gasteiger partial charge on any atom is 0.266 e. The average molecular weight is 342 g/mol. The quantitative estimate of drug-likeness (QED) is 0.530. The van der Waals surface area contributed by atoms with Crippen LogP contribution < -0.4 is 4.90 Å². The summed E-state index contributed by atoms with van der Waals surface area (Å²) in [4.78, 5) is 26.3. The van der Waals surface area contributed by atoms with Crippen LogP contribution in [0.25, 0.3) is 0 Å². The number of fused-ring (bicyclic) bond motifs is 1. The van der Waals surface area contributed by atoms with Crippen LogP contribution in [0.5, 0.6) is 0 Å². The van der Waals surface area contributed by atoms with Crippen molar-refractivity contribution in [1.29, 1.82) is 0 Å². The number of hydrogen-bond acceptors (Lipinski definition) is 2. The van der Waals surface area contributed by atoms with Crippen molar-refractivity contribution in [1.82, 2.24) is 0 Å². The second kappa shape index (κ2) is 7.18. The van der Waals surface area contributed by atoms with Gasteiger partial charge in [-0.3, -0.25) is 9.59 Å². The van der Waals surface area contributed by atoms with Gasteiger partial charge < -0.3 is 0 Å². The molecule has 0 atom stereocenters. The Kier molecular flexibility index (Phi) is 5.00. The molecule has 1 heterocycles. The maximum absolute atomic E-state index is 12.5. The number of carbonyl (C=O) groups is 2. The Balaban J connectivity index is 1.76. The van der Waals surface area contributed by atoms with Gasteiger partial charge in [-0.05, 0) is 48.7 Å². The van der Waals surface area contributed by atoms with Crippen LogP contribution in [0.3, 0.4) is 0 Å². The maximum atomic E-state index is 12.5. The van der Waals surface area contributed by atoms with Crippen molar-refractivity contribution in [2.75, 3.05) is 4.90 Å². The summed E-state index contributed by atoms with van der Waals surface area (Å²) in [7, 11) is 0. The van der Waals surface area contributed by atoms with Gasteiger partial charge in [0.25, 0.3) is 11.8 Å². The van der Waals surface area contributed by atoms with Crippen molar-refractivity contribution in [3.05, 3.63) is 64.2 Å². The van der Waals surface area contributed by atoms with Gasteiger partial charge >= 0.3 is 0 Å². The van der Waals surface area contributed by atoms with E-state index < -0.39 is 0 Å². The molecule has 0 saturated carbocycles. The second-order valence-electron chi connectivity index (χ2n) is 6.11. The van der Waals surface area contributed by atoms with Gasteiger partial charge in [-0.15, -0.1) is 0 Å². The van der Waals surface area contributed by atoms with E-state index in [4.69, 9.17) is 11.6 Å². The smallest absolute Gasteiger partial charge is 0.266 e. The lowest BCUT2D eigenvalue weighted by Gasteiger charge is -2.14. The molecule has 0 saturated heterocycles. The Labute approximate surface area is 147 Å². The zero-order valence-electron chi connectivity index (χ0n) is 13.7. The molecule has 124 valence electrons. The molecule has 3 rings (SSSR count). The van der Waals surface area contributed by atoms with Gasteiger partial charge in [0, 0.05) is 5.02 Å². The predicted molar refractivity (Wildman–Crippen MR) is 96.9 cm³/mol. The third kappa shape index (κ3) is 3.22. The number of hydrogen-bond donors (Lipinski definition) is 0. The molecule has 0 bridgehead atoms. The topological polar surface area (TPSA) is 37.4 Å². The molecule has 3 nitrogen and oxygen atoms in total. The van der Waals surface area contributed by atoms with E-state index in [0.29, 0.717) is 21.8 Å². The SMILES string of the molecule is CCCCCCc1ccc(N2C(=O)c3ccc(Cl)cc3C2=O)cc1. The van der Waals surface area contributed by atoms with Crippen LogP contribution in [-0.4, -0.2) is 11.8 Å². The third-order valence-electron chi connectivity index (χ3n) is 4.36. The highest BCUT2D eigenvalue weighted by Crippen LogP contribution is 2.30. The van der Waals surface area contributed by atoms with Gasteiger partial charge in [-0.1, -0.05) is 49.9 Å². The van der Waals surface area contributed by atoms with Crippen molar-refractivity contribution in [2.45, 2.75) is 39.0 Å². The fourth-order valence-corrected chi connectivity index (χ4v) is 3.19. The Hall–Kier alpha value is -2.13. The first-order chi connectivity index (χ1) is 11.6. The number of carbonyl (C=O) groups excluding carboxylic acids is 2. The molecular formula is C20H20ClNO2. The van der Waals surface area contributed by atoms with Gasteiger partial charge in [-0.25, -0.2) is 4.90 Å². The highest BCUT2D eigenvalue weighted by atomic mass is 35.5. The van der Waals surface area contributed by atoms with Crippen LogP contribution in [0.1, 0.15) is 58.9 Å². The van der Waals surface area contributed by atoms with E-state index in [1.54, 1.807) is 18.2 Å². The van der Waals surface area contributed by atoms with E-state index in [9.17, 15) is 9.59 Å². The Morgan fingerprint density at radius 1 is 0.875 bits per heavy atom. The Morgan fingerprint density at radius 3 is 2.29 bits per heavy atom. The summed E-state index contributed by atoms with van der Waals surface area (Å²) in [5, 5.41) is 0.458. The molecule has 0 radical (unpaired) electrons. The number of halogens is 1. The van der Waals surface area contributed by atoms with Crippen LogP contribution in [0.15, 0.2) is 42.5 Å². The number of aryl methyl sites for hydroxylation is 1. The summed E-state index contributed by atoms with van der Waals surface area (Å²) in [6.07, 6.45) is 5.91. The molecule has 0 aromatic heterocycles. The molecule has 0 aliphatic carbocycles. The zero-order chi connectivity index (χ0) is 17.1. The first kappa shape index (κ1) is 16.7. The molecule has 1 aliphatic rings. The van der Waals surface area contributed by atoms with Gasteiger partial charge in [0.05, 0.1) is 16.8 Å². The van der Waals surface area contributed by atoms with E-state index in [1.807, 2.05) is 24.3 Å². The number of anilines is 1. The van der Waals surface area contributed by atoms with Gasteiger partial charge in [0.2, 0.25) is 0 Å². The van der Waals surface area contributed by atoms with Crippen molar-refractivity contribution in [3.63, 3.8) is 0 Å². The minimum Gasteiger partial charge on any atom is -0.268 e. The van der Waals surface area contributed by atoms with Gasteiger partial charge in [0.1, 0.15) is 0 Å². The van der Waals surface area contributed by atoms with Crippen molar-refractivity contribution in [3.8, 4) is 0 Å². The van der Waals surface area contributed by atoms with Crippen LogP contribution >= 0.6 is 11.6 Å². The van der Waals surface area contributed by atoms with E-state index in [1.165, 1.54) is 36.1 Å². The Bertz CT molecular complexity index is 768. The van der Waals surface area contributed by atoms with E-state index in [0.717, 1.165) is 6.42 Å². The number of rotatable bonds is 6. The van der Waals surface area contributed by atoms with Crippen molar-refractivity contribution in [2.24, 2.45) is 0 Å². The second-order valence-corrected chi connectivity index (χ2v) is 6.55. The fraction of sp³-hybridized carbons (Fsp3) is 0.300. The number of benzene rings is 2. The first-order valence-electron chi connectivity index (χ1n) is 8.39. The highest BCUT2D eigenvalue weighted by Gasteiger charge is 2.36. The van der Waals surface area contributed by atoms with Crippen LogP contribution in [-0.2, 0) is 6.42 Å². The highest BCUT2D eigenvalue weighted by molar-refractivity contribution is 6.36. The van der Waals surface area contributed by atoms with Gasteiger partial charge in [0.15, 0.2) is 0 Å². The lowest BCUT2D eigenvalue weighted by atomic mass is 10.1. The van der Waals surface area contributed by atoms with E-state index in [2.05, 4.69) is 6.92 Å². The van der Waals surface area contributed by atoms with E-state index in [-0.39, 0.29) is 11.8 Å². The number of imide groups is 1. The summed E-state index contributed by atoms with van der Waals surface area (Å²) >= 11 is 5.94. The molecule has 0 N–H and O–H groups in total. The first-order valence-corrected chi connectivity index (χ1v) is 8.77. The molecule has 1 aliphatic heterocycles. The minimum atomic E-state index is -0.312. The molecular weight excluding hydrogens is 322 g/mol. The zero-order valence-corrected chi connectivity index (χ0v) is 14.5. The predicted octanol–water partition coefficient (Wildman–Crippen LogP) is 5.26. The molecule has 2 amide bonds. The molecule has 24 heavy (non-hydrogen) atoms. The molecule has 2 aromatic carbocycles. The normalized spacial score (nSPS) is 13.5. The number of unbranched alkanes of at least 4 members (excludes halogenated alkanes) is 3. The monoisotopic (exact) mass is 341 g/mol. The van der Waals surface area contributed by atoms with Crippen LogP contribution in [0.4, 0.5) is 5.69 Å². The lowest BCUT2D eigenvalue weighted by Crippen LogP contribution is -2.29. The molecule has 4 heteroatoms. The third-order valence-corrected chi connectivity index (χ3v) is 4.60. The number of amides is 2. The largest absolute Gasteiger partial charge is 0.268 e. The van der Waals surface area contributed by atoms with E-state index >= 15 is 0 Å². The number of nitrogens with zero attached hydrogens (tertiary/aromatic N) is 1. The van der Waals surface area contributed by atoms with Crippen molar-refractivity contribution >= 4 is 29.1 Å². The molecule has 0 unspecified atom stereocenters. The summed E-state index contributed by atoms with van der Waals surface area (Å²) in [6.45, 7) is 2.20. The minimum absolute atomic E-state index is 0.289. The standard InChI is InChI=1S/C20H20ClNO2/c1-2-3-4-5-6-14-7-10-16(11-8-14)22-19(23)17-12-9-15(21)13-18(17)20(22)24/h7-13H,2-6H2,1H3. The molecule has 0 spiro atoms. The van der Waals surface area contributed by atoms with Crippen molar-refractivity contribution < 1.29 is 9.59 Å². The summed E-state index contributed by atoms with van der Waals surface area (Å²) in [5.74, 6) is -0.601. The summed E-state index contributed by atoms with van der Waals surface area (Å²) < 4.78 is 0. The molecule has 2 aromatic rings. The van der Waals surface area contributed by atoms with Crippen LogP contribution in [0.2, 0.25) is 5.02 Å². The summed E-state index contributed by atoms with van der Waals surface area (Å²) in [6, 6.07) is 12.5. The fourth-order valence-electron chi connectivity index (χ4n) is 3.02. The summed E-state index contributed by atoms with van der Waals surface area (Å²) in [5.41, 5.74) is 2.62. The Morgan fingerprint density at radius 2 is 1.58 bits per heavy atom. The van der Waals surface area contributed by atoms with Crippen LogP contribution in [0, 0.1) is 0 Å². The lowest BCUT2D eigenvalue weighted by molar-refractivity contribution is 0.0926. The molecule has 0 fully saturated rings. The average Bonchev–Trinajstić information content (AvgIpc) is 2.83.